The van der Waals surface area contributed by atoms with Gasteiger partial charge >= 0.3 is 0 Å². The molecule has 0 saturated heterocycles. The molecule has 37 heavy (non-hydrogen) atoms. The smallest absolute Gasteiger partial charge is 0.244 e. The lowest BCUT2D eigenvalue weighted by Gasteiger charge is -2.31. The van der Waals surface area contributed by atoms with E-state index in [0.717, 1.165) is 11.1 Å². The Hall–Kier alpha value is -3.39. The van der Waals surface area contributed by atoms with Crippen molar-refractivity contribution < 1.29 is 9.59 Å². The van der Waals surface area contributed by atoms with Gasteiger partial charge in [-0.05, 0) is 66.1 Å². The SMILES string of the molecule is C[C@@H](c1ccc(Cl)cc1)n1nnc2c1NC(=O)C[C@]21C(=O)N(Cc2ccc(Cl)cc2)c2ccc(Cl)cc21. The van der Waals surface area contributed by atoms with Crippen molar-refractivity contribution in [1.29, 1.82) is 0 Å². The number of benzene rings is 3. The molecule has 0 saturated carbocycles. The lowest BCUT2D eigenvalue weighted by Crippen LogP contribution is -2.47. The first kappa shape index (κ1) is 24.0. The highest BCUT2D eigenvalue weighted by atomic mass is 35.5. The number of carbonyl (C=O) groups is 2. The summed E-state index contributed by atoms with van der Waals surface area (Å²) in [5.41, 5.74) is 2.21. The number of nitrogens with one attached hydrogen (secondary N) is 1. The molecule has 6 rings (SSSR count). The molecule has 1 N–H and O–H groups in total. The van der Waals surface area contributed by atoms with Crippen LogP contribution < -0.4 is 10.2 Å². The first-order valence-electron chi connectivity index (χ1n) is 11.7. The summed E-state index contributed by atoms with van der Waals surface area (Å²) in [5.74, 6) is -0.152. The fraction of sp³-hybridized carbons (Fsp3) is 0.185. The molecule has 3 aromatic carbocycles. The first-order chi connectivity index (χ1) is 17.8. The maximum absolute atomic E-state index is 14.3. The van der Waals surface area contributed by atoms with E-state index < -0.39 is 5.41 Å². The Morgan fingerprint density at radius 3 is 2.30 bits per heavy atom. The summed E-state index contributed by atoms with van der Waals surface area (Å²) in [6.45, 7) is 2.25. The van der Waals surface area contributed by atoms with Gasteiger partial charge in [0.05, 0.1) is 19.0 Å². The highest BCUT2D eigenvalue weighted by Crippen LogP contribution is 2.52. The number of halogens is 3. The van der Waals surface area contributed by atoms with E-state index >= 15 is 0 Å². The number of nitrogens with zero attached hydrogens (tertiary/aromatic N) is 4. The standard InChI is InChI=1S/C27H20Cl3N5O2/c1-15(17-4-8-19(29)9-5-17)35-25-24(32-33-35)27(13-23(36)31-25)21-12-20(30)10-11-22(21)34(26(27)37)14-16-2-6-18(28)7-3-16/h2-12,15H,13-14H2,1H3,(H,31,36)/t15-,27+/m0/s1. The van der Waals surface area contributed by atoms with Crippen LogP contribution >= 0.6 is 34.8 Å². The minimum absolute atomic E-state index is 0.0999. The van der Waals surface area contributed by atoms with Gasteiger partial charge in [0.25, 0.3) is 0 Å². The van der Waals surface area contributed by atoms with E-state index in [1.54, 1.807) is 46.0 Å². The van der Waals surface area contributed by atoms with Gasteiger partial charge < -0.3 is 10.2 Å². The molecule has 2 aliphatic heterocycles. The zero-order valence-electron chi connectivity index (χ0n) is 19.6. The number of rotatable bonds is 4. The van der Waals surface area contributed by atoms with Crippen LogP contribution in [0.3, 0.4) is 0 Å². The van der Waals surface area contributed by atoms with E-state index in [0.29, 0.717) is 44.4 Å². The summed E-state index contributed by atoms with van der Waals surface area (Å²) in [6.07, 6.45) is -0.0999. The van der Waals surface area contributed by atoms with E-state index in [4.69, 9.17) is 34.8 Å². The van der Waals surface area contributed by atoms with Gasteiger partial charge in [-0.3, -0.25) is 9.59 Å². The van der Waals surface area contributed by atoms with Crippen molar-refractivity contribution >= 4 is 58.1 Å². The normalized spacial score (nSPS) is 19.1. The van der Waals surface area contributed by atoms with Crippen molar-refractivity contribution in [3.05, 3.63) is 104 Å². The van der Waals surface area contributed by atoms with Crippen molar-refractivity contribution in [3.8, 4) is 0 Å². The zero-order valence-corrected chi connectivity index (χ0v) is 21.8. The third-order valence-corrected chi connectivity index (χ3v) is 7.81. The topological polar surface area (TPSA) is 80.1 Å². The van der Waals surface area contributed by atoms with Crippen LogP contribution in [-0.4, -0.2) is 26.8 Å². The summed E-state index contributed by atoms with van der Waals surface area (Å²) >= 11 is 18.5. The second-order valence-electron chi connectivity index (χ2n) is 9.27. The molecule has 1 aromatic heterocycles. The lowest BCUT2D eigenvalue weighted by atomic mass is 9.73. The summed E-state index contributed by atoms with van der Waals surface area (Å²) < 4.78 is 1.64. The van der Waals surface area contributed by atoms with E-state index in [1.165, 1.54) is 0 Å². The fourth-order valence-electron chi connectivity index (χ4n) is 5.22. The maximum Gasteiger partial charge on any atom is 0.244 e. The number of hydrogen-bond acceptors (Lipinski definition) is 4. The largest absolute Gasteiger partial charge is 0.309 e. The molecular weight excluding hydrogens is 533 g/mol. The molecule has 0 radical (unpaired) electrons. The average Bonchev–Trinajstić information content (AvgIpc) is 3.39. The van der Waals surface area contributed by atoms with E-state index in [-0.39, 0.29) is 24.3 Å². The molecule has 0 aliphatic carbocycles. The Balaban J connectivity index is 1.49. The average molecular weight is 553 g/mol. The molecular formula is C27H20Cl3N5O2. The van der Waals surface area contributed by atoms with Gasteiger partial charge in [0.15, 0.2) is 5.82 Å². The Bertz CT molecular complexity index is 1550. The van der Waals surface area contributed by atoms with Crippen LogP contribution in [0.15, 0.2) is 66.7 Å². The molecule has 7 nitrogen and oxygen atoms in total. The third kappa shape index (κ3) is 3.81. The minimum Gasteiger partial charge on any atom is -0.309 e. The van der Waals surface area contributed by atoms with Crippen molar-refractivity contribution in [3.63, 3.8) is 0 Å². The molecule has 2 aliphatic rings. The van der Waals surface area contributed by atoms with Crippen molar-refractivity contribution in [1.82, 2.24) is 15.0 Å². The lowest BCUT2D eigenvalue weighted by molar-refractivity contribution is -0.126. The molecule has 3 heterocycles. The van der Waals surface area contributed by atoms with Crippen molar-refractivity contribution in [2.75, 3.05) is 10.2 Å². The number of aromatic nitrogens is 3. The third-order valence-electron chi connectivity index (χ3n) is 7.07. The van der Waals surface area contributed by atoms with Crippen molar-refractivity contribution in [2.24, 2.45) is 0 Å². The number of amides is 2. The number of anilines is 2. The summed E-state index contributed by atoms with van der Waals surface area (Å²) in [7, 11) is 0. The molecule has 0 unspecified atom stereocenters. The van der Waals surface area contributed by atoms with Gasteiger partial charge in [-0.25, -0.2) is 4.68 Å². The Morgan fingerprint density at radius 1 is 0.946 bits per heavy atom. The predicted octanol–water partition coefficient (Wildman–Crippen LogP) is 6.02. The van der Waals surface area contributed by atoms with Crippen LogP contribution in [0.2, 0.25) is 15.1 Å². The summed E-state index contributed by atoms with van der Waals surface area (Å²) in [6, 6.07) is 19.7. The maximum atomic E-state index is 14.3. The molecule has 2 atom stereocenters. The molecule has 0 fully saturated rings. The molecule has 0 bridgehead atoms. The number of hydrogen-bond donors (Lipinski definition) is 1. The molecule has 1 spiro atoms. The molecule has 4 aromatic rings. The van der Waals surface area contributed by atoms with Gasteiger partial charge in [-0.15, -0.1) is 5.10 Å². The first-order valence-corrected chi connectivity index (χ1v) is 12.8. The monoisotopic (exact) mass is 551 g/mol. The van der Waals surface area contributed by atoms with E-state index in [2.05, 4.69) is 15.6 Å². The Morgan fingerprint density at radius 2 is 1.59 bits per heavy atom. The summed E-state index contributed by atoms with van der Waals surface area (Å²) in [5, 5.41) is 13.5. The predicted molar refractivity (Wildman–Crippen MR) is 143 cm³/mol. The number of fused-ring (bicyclic) bond motifs is 4. The second-order valence-corrected chi connectivity index (χ2v) is 10.6. The highest BCUT2D eigenvalue weighted by molar-refractivity contribution is 6.31. The van der Waals surface area contributed by atoms with Crippen LogP contribution in [0.4, 0.5) is 11.5 Å². The van der Waals surface area contributed by atoms with Crippen LogP contribution in [0.25, 0.3) is 0 Å². The van der Waals surface area contributed by atoms with Crippen LogP contribution in [0, 0.1) is 0 Å². The van der Waals surface area contributed by atoms with Gasteiger partial charge in [0.2, 0.25) is 11.8 Å². The highest BCUT2D eigenvalue weighted by Gasteiger charge is 2.58. The number of carbonyl (C=O) groups excluding carboxylic acids is 2. The zero-order chi connectivity index (χ0) is 25.9. The minimum atomic E-state index is -1.34. The van der Waals surface area contributed by atoms with Gasteiger partial charge in [0, 0.05) is 20.8 Å². The van der Waals surface area contributed by atoms with Gasteiger partial charge in [-0.2, -0.15) is 0 Å². The fourth-order valence-corrected chi connectivity index (χ4v) is 5.65. The molecule has 10 heteroatoms. The van der Waals surface area contributed by atoms with Crippen LogP contribution in [0.1, 0.15) is 41.8 Å². The van der Waals surface area contributed by atoms with Gasteiger partial charge in [-0.1, -0.05) is 64.3 Å². The Kier molecular flexibility index (Phi) is 5.75. The van der Waals surface area contributed by atoms with Crippen LogP contribution in [-0.2, 0) is 21.5 Å². The van der Waals surface area contributed by atoms with Crippen LogP contribution in [0.5, 0.6) is 0 Å². The second kappa shape index (κ2) is 8.87. The summed E-state index contributed by atoms with van der Waals surface area (Å²) in [4.78, 5) is 29.1. The molecule has 186 valence electrons. The van der Waals surface area contributed by atoms with E-state index in [1.807, 2.05) is 37.3 Å². The molecule has 2 amide bonds. The van der Waals surface area contributed by atoms with Gasteiger partial charge in [0.1, 0.15) is 11.1 Å². The van der Waals surface area contributed by atoms with Crippen molar-refractivity contribution in [2.45, 2.75) is 31.3 Å². The van der Waals surface area contributed by atoms with E-state index in [9.17, 15) is 9.59 Å². The Labute approximate surface area is 227 Å². The quantitative estimate of drug-likeness (QED) is 0.336.